The average molecular weight is 566 g/mol. The van der Waals surface area contributed by atoms with E-state index in [0.29, 0.717) is 16.8 Å². The van der Waals surface area contributed by atoms with Gasteiger partial charge in [0, 0.05) is 16.3 Å². The Kier molecular flexibility index (Phi) is 7.25. The van der Waals surface area contributed by atoms with Gasteiger partial charge in [-0.1, -0.05) is 48.5 Å². The van der Waals surface area contributed by atoms with Crippen molar-refractivity contribution in [2.75, 3.05) is 5.73 Å². The Morgan fingerprint density at radius 1 is 0.707 bits per heavy atom. The Labute approximate surface area is 233 Å². The van der Waals surface area contributed by atoms with Gasteiger partial charge in [0.25, 0.3) is 0 Å². The number of fused-ring (bicyclic) bond motifs is 1. The quantitative estimate of drug-likeness (QED) is 0.139. The molecule has 204 valence electrons. The standard InChI is InChI=1S/C29H21N5O6S/c30-28-23-4-2-1-3-22(23)27(41(38,39)40)16-25(28)34-32-20-11-7-18(8-12-20)17-5-9-19(10-6-17)31-33-21-13-14-26(35)24(15-21)29(36)37/h1-16,35H,30H2,(H,36,37)(H,38,39,40)/p-2. The van der Waals surface area contributed by atoms with Crippen molar-refractivity contribution in [3.63, 3.8) is 0 Å². The van der Waals surface area contributed by atoms with Crippen molar-refractivity contribution in [2.45, 2.75) is 4.90 Å². The second-order valence-corrected chi connectivity index (χ2v) is 10.1. The van der Waals surface area contributed by atoms with Crippen LogP contribution >= 0.6 is 0 Å². The van der Waals surface area contributed by atoms with Crippen LogP contribution in [0.3, 0.4) is 0 Å². The Morgan fingerprint density at radius 2 is 1.22 bits per heavy atom. The molecule has 0 bridgehead atoms. The monoisotopic (exact) mass is 565 g/mol. The maximum absolute atomic E-state index is 11.8. The van der Waals surface area contributed by atoms with Gasteiger partial charge in [-0.05, 0) is 59.7 Å². The number of carbonyl (C=O) groups excluding carboxylic acids is 1. The summed E-state index contributed by atoms with van der Waals surface area (Å²) in [4.78, 5) is 10.6. The number of carboxylic acid groups (broad SMARTS) is 1. The summed E-state index contributed by atoms with van der Waals surface area (Å²) in [6, 6.07) is 25.5. The van der Waals surface area contributed by atoms with Gasteiger partial charge in [-0.15, -0.1) is 5.11 Å². The van der Waals surface area contributed by atoms with Gasteiger partial charge in [-0.3, -0.25) is 0 Å². The van der Waals surface area contributed by atoms with E-state index in [0.717, 1.165) is 17.2 Å². The second kappa shape index (κ2) is 11.0. The molecule has 0 heterocycles. The van der Waals surface area contributed by atoms with Crippen molar-refractivity contribution < 1.29 is 28.0 Å². The molecule has 0 unspecified atom stereocenters. The number of azo groups is 2. The number of phenols is 1. The fourth-order valence-electron chi connectivity index (χ4n) is 4.06. The van der Waals surface area contributed by atoms with Crippen molar-refractivity contribution >= 4 is 55.3 Å². The Hall–Kier alpha value is -5.46. The predicted octanol–water partition coefficient (Wildman–Crippen LogP) is 5.89. The molecule has 0 saturated heterocycles. The lowest BCUT2D eigenvalue weighted by Crippen LogP contribution is -2.22. The number of carbonyl (C=O) groups is 1. The molecule has 0 saturated carbocycles. The number of nitrogen functional groups attached to an aromatic ring is 1. The number of nitrogens with two attached hydrogens (primary N) is 1. The lowest BCUT2D eigenvalue weighted by atomic mass is 10.1. The molecule has 5 aromatic carbocycles. The number of anilines is 1. The third kappa shape index (κ3) is 5.93. The maximum atomic E-state index is 11.8. The molecule has 5 rings (SSSR count). The largest absolute Gasteiger partial charge is 0.744 e. The molecule has 0 aliphatic rings. The molecule has 12 heteroatoms. The number of aromatic hydroxyl groups is 1. The molecular weight excluding hydrogens is 546 g/mol. The summed E-state index contributed by atoms with van der Waals surface area (Å²) in [5.41, 5.74) is 9.07. The number of benzene rings is 5. The van der Waals surface area contributed by atoms with Crippen molar-refractivity contribution in [3.05, 3.63) is 103 Å². The number of carboxylic acids is 1. The van der Waals surface area contributed by atoms with E-state index in [-0.39, 0.29) is 28.0 Å². The highest BCUT2D eigenvalue weighted by molar-refractivity contribution is 7.86. The van der Waals surface area contributed by atoms with E-state index in [1.807, 2.05) is 24.3 Å². The van der Waals surface area contributed by atoms with Gasteiger partial charge in [0.15, 0.2) is 0 Å². The Balaban J connectivity index is 1.33. The van der Waals surface area contributed by atoms with Gasteiger partial charge in [0.2, 0.25) is 0 Å². The van der Waals surface area contributed by atoms with E-state index in [2.05, 4.69) is 20.5 Å². The van der Waals surface area contributed by atoms with Crippen LogP contribution in [-0.4, -0.2) is 24.0 Å². The van der Waals surface area contributed by atoms with Gasteiger partial charge < -0.3 is 25.3 Å². The van der Waals surface area contributed by atoms with Crippen LogP contribution in [0.2, 0.25) is 0 Å². The van der Waals surface area contributed by atoms with Crippen LogP contribution in [-0.2, 0) is 10.1 Å². The number of rotatable bonds is 7. The zero-order valence-corrected chi connectivity index (χ0v) is 21.8. The van der Waals surface area contributed by atoms with Crippen LogP contribution in [0.15, 0.2) is 122 Å². The highest BCUT2D eigenvalue weighted by atomic mass is 32.2. The number of hydrogen-bond donors (Lipinski definition) is 2. The topological polar surface area (TPSA) is 193 Å². The van der Waals surface area contributed by atoms with Crippen LogP contribution in [0.25, 0.3) is 21.9 Å². The van der Waals surface area contributed by atoms with E-state index >= 15 is 0 Å². The molecule has 0 aromatic heterocycles. The smallest absolute Gasteiger partial charge is 0.125 e. The van der Waals surface area contributed by atoms with E-state index in [9.17, 15) is 28.0 Å². The number of nitrogens with zero attached hydrogens (tertiary/aromatic N) is 4. The first-order chi connectivity index (χ1) is 19.6. The predicted molar refractivity (Wildman–Crippen MR) is 149 cm³/mol. The molecule has 41 heavy (non-hydrogen) atoms. The van der Waals surface area contributed by atoms with Crippen LogP contribution in [0, 0.1) is 0 Å². The summed E-state index contributed by atoms with van der Waals surface area (Å²) >= 11 is 0. The van der Waals surface area contributed by atoms with Crippen LogP contribution in [0.1, 0.15) is 10.4 Å². The summed E-state index contributed by atoms with van der Waals surface area (Å²) in [5, 5.41) is 37.6. The Morgan fingerprint density at radius 3 is 1.78 bits per heavy atom. The SMILES string of the molecule is Nc1c(N=Nc2ccc(-c3ccc(N=Nc4ccc(O)c(C(=O)[O-])c4)cc3)cc2)cc(S(=O)(=O)[O-])c2ccccc12. The molecule has 0 amide bonds. The summed E-state index contributed by atoms with van der Waals surface area (Å²) in [6.45, 7) is 0. The van der Waals surface area contributed by atoms with E-state index < -0.39 is 26.7 Å². The minimum Gasteiger partial charge on any atom is -0.744 e. The number of aromatic carboxylic acids is 1. The van der Waals surface area contributed by atoms with E-state index in [1.165, 1.54) is 24.3 Å². The van der Waals surface area contributed by atoms with Gasteiger partial charge in [0.1, 0.15) is 21.6 Å². The molecule has 0 radical (unpaired) electrons. The van der Waals surface area contributed by atoms with E-state index in [1.54, 1.807) is 42.5 Å². The number of hydrogen-bond acceptors (Lipinski definition) is 11. The summed E-state index contributed by atoms with van der Waals surface area (Å²) in [7, 11) is -4.77. The zero-order chi connectivity index (χ0) is 29.1. The highest BCUT2D eigenvalue weighted by Gasteiger charge is 2.14. The molecule has 0 spiro atoms. The molecule has 0 atom stereocenters. The summed E-state index contributed by atoms with van der Waals surface area (Å²) < 4.78 is 35.4. The van der Waals surface area contributed by atoms with Crippen molar-refractivity contribution in [1.29, 1.82) is 0 Å². The third-order valence-electron chi connectivity index (χ3n) is 6.12. The molecule has 11 nitrogen and oxygen atoms in total. The molecule has 3 N–H and O–H groups in total. The van der Waals surface area contributed by atoms with Gasteiger partial charge >= 0.3 is 0 Å². The third-order valence-corrected chi connectivity index (χ3v) is 6.99. The second-order valence-electron chi connectivity index (χ2n) is 8.79. The first kappa shape index (κ1) is 27.1. The first-order valence-corrected chi connectivity index (χ1v) is 13.4. The highest BCUT2D eigenvalue weighted by Crippen LogP contribution is 2.37. The van der Waals surface area contributed by atoms with Crippen LogP contribution < -0.4 is 10.8 Å². The van der Waals surface area contributed by atoms with Gasteiger partial charge in [0.05, 0.1) is 33.6 Å². The molecule has 0 aliphatic heterocycles. The minimum absolute atomic E-state index is 0.0649. The molecule has 5 aromatic rings. The first-order valence-electron chi connectivity index (χ1n) is 12.0. The molecule has 0 fully saturated rings. The van der Waals surface area contributed by atoms with E-state index in [4.69, 9.17) is 5.73 Å². The molecular formula is C29H19N5O6S-2. The average Bonchev–Trinajstić information content (AvgIpc) is 2.96. The summed E-state index contributed by atoms with van der Waals surface area (Å²) in [5.74, 6) is -1.93. The maximum Gasteiger partial charge on any atom is 0.125 e. The van der Waals surface area contributed by atoms with Crippen LogP contribution in [0.4, 0.5) is 28.4 Å². The Bertz CT molecular complexity index is 1960. The lowest BCUT2D eigenvalue weighted by Gasteiger charge is -2.13. The molecule has 0 aliphatic carbocycles. The van der Waals surface area contributed by atoms with Crippen molar-refractivity contribution in [1.82, 2.24) is 0 Å². The fourth-order valence-corrected chi connectivity index (χ4v) is 4.76. The van der Waals surface area contributed by atoms with Crippen LogP contribution in [0.5, 0.6) is 5.75 Å². The normalized spacial score (nSPS) is 11.9. The van der Waals surface area contributed by atoms with Crippen molar-refractivity contribution in [2.24, 2.45) is 20.5 Å². The minimum atomic E-state index is -4.77. The fraction of sp³-hybridized carbons (Fsp3) is 0. The van der Waals surface area contributed by atoms with Crippen molar-refractivity contribution in [3.8, 4) is 16.9 Å². The zero-order valence-electron chi connectivity index (χ0n) is 21.0. The van der Waals surface area contributed by atoms with Gasteiger partial charge in [-0.2, -0.15) is 15.3 Å². The lowest BCUT2D eigenvalue weighted by molar-refractivity contribution is -0.255. The summed E-state index contributed by atoms with van der Waals surface area (Å²) in [6.07, 6.45) is 0. The van der Waals surface area contributed by atoms with Gasteiger partial charge in [-0.25, -0.2) is 8.42 Å².